The van der Waals surface area contributed by atoms with Gasteiger partial charge in [0.05, 0.1) is 35.5 Å². The zero-order valence-corrected chi connectivity index (χ0v) is 13.4. The lowest BCUT2D eigenvalue weighted by Crippen LogP contribution is -2.43. The second-order valence-electron chi connectivity index (χ2n) is 4.24. The van der Waals surface area contributed by atoms with Gasteiger partial charge in [-0.3, -0.25) is 20.4 Å². The number of carbonyl (C=O) groups is 2. The topological polar surface area (TPSA) is 84.5 Å². The van der Waals surface area contributed by atoms with E-state index < -0.39 is 0 Å². The fraction of sp³-hybridized carbons (Fsp3) is 0.286. The second kappa shape index (κ2) is 9.26. The van der Waals surface area contributed by atoms with Gasteiger partial charge in [0.1, 0.15) is 11.5 Å². The lowest BCUT2D eigenvalue weighted by atomic mass is 10.5. The first-order valence-electron chi connectivity index (χ1n) is 6.52. The van der Waals surface area contributed by atoms with Crippen LogP contribution in [0.25, 0.3) is 0 Å². The van der Waals surface area contributed by atoms with E-state index in [1.54, 1.807) is 24.7 Å². The monoisotopic (exact) mass is 340 g/mol. The summed E-state index contributed by atoms with van der Waals surface area (Å²) < 4.78 is 10.3. The summed E-state index contributed by atoms with van der Waals surface area (Å²) in [4.78, 5) is 23.1. The van der Waals surface area contributed by atoms with Gasteiger partial charge in [-0.25, -0.2) is 0 Å². The van der Waals surface area contributed by atoms with Crippen LogP contribution in [-0.4, -0.2) is 23.3 Å². The molecule has 118 valence electrons. The number of furan rings is 2. The van der Waals surface area contributed by atoms with Crippen molar-refractivity contribution in [1.29, 1.82) is 0 Å². The Labute approximate surface area is 136 Å². The maximum Gasteiger partial charge on any atom is 0.248 e. The van der Waals surface area contributed by atoms with Crippen LogP contribution in [0.3, 0.4) is 0 Å². The molecule has 0 saturated heterocycles. The number of hydrazine groups is 1. The first-order chi connectivity index (χ1) is 10.7. The first-order valence-corrected chi connectivity index (χ1v) is 8.83. The zero-order valence-electron chi connectivity index (χ0n) is 11.7. The Bertz CT molecular complexity index is 517. The van der Waals surface area contributed by atoms with Crippen LogP contribution in [0.5, 0.6) is 0 Å². The normalized spacial score (nSPS) is 10.4. The van der Waals surface area contributed by atoms with Crippen LogP contribution in [0.4, 0.5) is 0 Å². The summed E-state index contributed by atoms with van der Waals surface area (Å²) in [6.07, 6.45) is 3.19. The molecule has 0 spiro atoms. The molecular weight excluding hydrogens is 324 g/mol. The molecule has 0 bridgehead atoms. The molecule has 2 aromatic rings. The van der Waals surface area contributed by atoms with Crippen LogP contribution in [0.2, 0.25) is 0 Å². The summed E-state index contributed by atoms with van der Waals surface area (Å²) in [5.41, 5.74) is 4.76. The Morgan fingerprint density at radius 1 is 0.864 bits per heavy atom. The van der Waals surface area contributed by atoms with E-state index in [-0.39, 0.29) is 23.3 Å². The van der Waals surface area contributed by atoms with E-state index in [0.29, 0.717) is 11.5 Å². The Hall–Kier alpha value is -1.80. The van der Waals surface area contributed by atoms with Gasteiger partial charge < -0.3 is 8.83 Å². The molecule has 0 unspecified atom stereocenters. The maximum atomic E-state index is 11.5. The van der Waals surface area contributed by atoms with Crippen LogP contribution in [0, 0.1) is 0 Å². The van der Waals surface area contributed by atoms with Gasteiger partial charge in [-0.15, -0.1) is 23.5 Å². The molecule has 0 atom stereocenters. The van der Waals surface area contributed by atoms with Crippen molar-refractivity contribution >= 4 is 35.3 Å². The van der Waals surface area contributed by atoms with Crippen molar-refractivity contribution in [3.8, 4) is 0 Å². The fourth-order valence-corrected chi connectivity index (χ4v) is 2.94. The molecule has 2 aromatic heterocycles. The Balaban J connectivity index is 1.50. The Morgan fingerprint density at radius 3 is 1.68 bits per heavy atom. The highest BCUT2D eigenvalue weighted by atomic mass is 32.2. The van der Waals surface area contributed by atoms with Gasteiger partial charge in [-0.05, 0) is 24.3 Å². The largest absolute Gasteiger partial charge is 0.468 e. The van der Waals surface area contributed by atoms with E-state index in [4.69, 9.17) is 8.83 Å². The zero-order chi connectivity index (χ0) is 15.6. The molecule has 0 aromatic carbocycles. The molecule has 0 aliphatic heterocycles. The average molecular weight is 340 g/mol. The quantitative estimate of drug-likeness (QED) is 0.717. The lowest BCUT2D eigenvalue weighted by molar-refractivity contribution is -0.126. The van der Waals surface area contributed by atoms with E-state index in [1.807, 2.05) is 12.1 Å². The number of rotatable bonds is 8. The van der Waals surface area contributed by atoms with Crippen molar-refractivity contribution in [2.75, 3.05) is 11.5 Å². The van der Waals surface area contributed by atoms with Crippen LogP contribution in [-0.2, 0) is 21.1 Å². The van der Waals surface area contributed by atoms with E-state index in [9.17, 15) is 9.59 Å². The van der Waals surface area contributed by atoms with Crippen molar-refractivity contribution in [3.05, 3.63) is 48.3 Å². The van der Waals surface area contributed by atoms with Gasteiger partial charge in [0.25, 0.3) is 0 Å². The molecule has 2 heterocycles. The molecule has 6 nitrogen and oxygen atoms in total. The number of thioether (sulfide) groups is 2. The minimum Gasteiger partial charge on any atom is -0.468 e. The van der Waals surface area contributed by atoms with Crippen molar-refractivity contribution in [2.45, 2.75) is 11.5 Å². The van der Waals surface area contributed by atoms with E-state index in [0.717, 1.165) is 11.5 Å². The maximum absolute atomic E-state index is 11.5. The molecule has 0 radical (unpaired) electrons. The van der Waals surface area contributed by atoms with E-state index in [1.165, 1.54) is 23.5 Å². The number of amides is 2. The standard InChI is InChI=1S/C14H16N2O4S2/c17-13(9-21-7-11-3-1-5-19-11)15-16-14(18)10-22-8-12-4-2-6-20-12/h1-6H,7-10H2,(H,15,17)(H,16,18). The predicted octanol–water partition coefficient (Wildman–Crippen LogP) is 2.19. The third-order valence-corrected chi connectivity index (χ3v) is 4.37. The third-order valence-electron chi connectivity index (χ3n) is 2.46. The highest BCUT2D eigenvalue weighted by Crippen LogP contribution is 2.12. The molecule has 8 heteroatoms. The molecule has 0 aliphatic carbocycles. The third kappa shape index (κ3) is 6.31. The fourth-order valence-electron chi connectivity index (χ4n) is 1.49. The van der Waals surface area contributed by atoms with Crippen molar-refractivity contribution in [2.24, 2.45) is 0 Å². The van der Waals surface area contributed by atoms with Crippen molar-refractivity contribution in [1.82, 2.24) is 10.9 Å². The number of carbonyl (C=O) groups excluding carboxylic acids is 2. The number of hydrogen-bond donors (Lipinski definition) is 2. The number of nitrogens with one attached hydrogen (secondary N) is 2. The highest BCUT2D eigenvalue weighted by Gasteiger charge is 2.06. The van der Waals surface area contributed by atoms with Crippen molar-refractivity contribution < 1.29 is 18.4 Å². The summed E-state index contributed by atoms with van der Waals surface area (Å²) >= 11 is 2.82. The van der Waals surface area contributed by atoms with Gasteiger partial charge >= 0.3 is 0 Å². The van der Waals surface area contributed by atoms with Crippen molar-refractivity contribution in [3.63, 3.8) is 0 Å². The molecule has 0 fully saturated rings. The lowest BCUT2D eigenvalue weighted by Gasteiger charge is -2.06. The highest BCUT2D eigenvalue weighted by molar-refractivity contribution is 7.99. The Kier molecular flexibility index (Phi) is 6.98. The second-order valence-corrected chi connectivity index (χ2v) is 6.21. The average Bonchev–Trinajstić information content (AvgIpc) is 3.18. The number of hydrogen-bond acceptors (Lipinski definition) is 6. The molecule has 2 amide bonds. The molecule has 0 saturated carbocycles. The molecule has 2 rings (SSSR count). The van der Waals surface area contributed by atoms with Crippen LogP contribution >= 0.6 is 23.5 Å². The van der Waals surface area contributed by atoms with E-state index >= 15 is 0 Å². The molecule has 22 heavy (non-hydrogen) atoms. The first kappa shape index (κ1) is 16.6. The van der Waals surface area contributed by atoms with Gasteiger partial charge in [0.2, 0.25) is 11.8 Å². The molecule has 0 aliphatic rings. The van der Waals surface area contributed by atoms with Crippen LogP contribution in [0.15, 0.2) is 45.6 Å². The predicted molar refractivity (Wildman–Crippen MR) is 86.0 cm³/mol. The molecular formula is C14H16N2O4S2. The summed E-state index contributed by atoms with van der Waals surface area (Å²) in [5.74, 6) is 2.87. The van der Waals surface area contributed by atoms with Crippen LogP contribution in [0.1, 0.15) is 11.5 Å². The minimum absolute atomic E-state index is 0.249. The minimum atomic E-state index is -0.249. The smallest absolute Gasteiger partial charge is 0.248 e. The van der Waals surface area contributed by atoms with Gasteiger partial charge in [0.15, 0.2) is 0 Å². The Morgan fingerprint density at radius 2 is 1.32 bits per heavy atom. The van der Waals surface area contributed by atoms with Gasteiger partial charge in [-0.2, -0.15) is 0 Å². The van der Waals surface area contributed by atoms with Crippen LogP contribution < -0.4 is 10.9 Å². The summed E-state index contributed by atoms with van der Waals surface area (Å²) in [7, 11) is 0. The van der Waals surface area contributed by atoms with Gasteiger partial charge in [0, 0.05) is 0 Å². The summed E-state index contributed by atoms with van der Waals surface area (Å²) in [6.45, 7) is 0. The SMILES string of the molecule is O=C(CSCc1ccco1)NNC(=O)CSCc1ccco1. The molecule has 2 N–H and O–H groups in total. The summed E-state index contributed by atoms with van der Waals surface area (Å²) in [5, 5.41) is 0. The van der Waals surface area contributed by atoms with E-state index in [2.05, 4.69) is 10.9 Å². The summed E-state index contributed by atoms with van der Waals surface area (Å²) in [6, 6.07) is 7.30. The van der Waals surface area contributed by atoms with Gasteiger partial charge in [-0.1, -0.05) is 0 Å².